The number of carbonyl (C=O) groups excluding carboxylic acids is 1. The number of carbonyl (C=O) groups is 1. The molecule has 1 aliphatic rings. The van der Waals surface area contributed by atoms with E-state index in [1.54, 1.807) is 6.07 Å². The molecule has 1 N–H and O–H groups in total. The van der Waals surface area contributed by atoms with Crippen molar-refractivity contribution in [3.8, 4) is 0 Å². The molecule has 0 spiro atoms. The summed E-state index contributed by atoms with van der Waals surface area (Å²) in [5.74, 6) is -0.206. The molecule has 2 aromatic rings. The maximum Gasteiger partial charge on any atom is 0.276 e. The van der Waals surface area contributed by atoms with Gasteiger partial charge in [0, 0.05) is 17.6 Å². The SMILES string of the molecule is Cc1cccc(C(=O)Nc2nc(CN3CCCCC3)cs2)n1. The largest absolute Gasteiger partial charge is 0.297 e. The second-order valence-electron chi connectivity index (χ2n) is 5.60. The minimum atomic E-state index is -0.206. The quantitative estimate of drug-likeness (QED) is 0.942. The standard InChI is InChI=1S/C16H20N4OS/c1-12-6-5-7-14(17-12)15(21)19-16-18-13(11-22-16)10-20-8-3-2-4-9-20/h5-7,11H,2-4,8-10H2,1H3,(H,18,19,21). The van der Waals surface area contributed by atoms with E-state index in [4.69, 9.17) is 0 Å². The lowest BCUT2D eigenvalue weighted by Gasteiger charge is -2.25. The van der Waals surface area contributed by atoms with E-state index < -0.39 is 0 Å². The Hall–Kier alpha value is -1.79. The summed E-state index contributed by atoms with van der Waals surface area (Å²) in [4.78, 5) is 23.3. The number of amides is 1. The Balaban J connectivity index is 1.60. The molecule has 3 heterocycles. The summed E-state index contributed by atoms with van der Waals surface area (Å²) in [6.07, 6.45) is 3.87. The number of likely N-dealkylation sites (tertiary alicyclic amines) is 1. The van der Waals surface area contributed by atoms with Gasteiger partial charge in [0.1, 0.15) is 5.69 Å². The van der Waals surface area contributed by atoms with E-state index in [0.29, 0.717) is 10.8 Å². The van der Waals surface area contributed by atoms with Crippen molar-refractivity contribution in [2.24, 2.45) is 0 Å². The van der Waals surface area contributed by atoms with Crippen molar-refractivity contribution >= 4 is 22.4 Å². The summed E-state index contributed by atoms with van der Waals surface area (Å²) in [5, 5.41) is 5.49. The van der Waals surface area contributed by atoms with Crippen LogP contribution in [0.2, 0.25) is 0 Å². The Kier molecular flexibility index (Phi) is 4.80. The Morgan fingerprint density at radius 3 is 2.86 bits per heavy atom. The molecule has 1 amide bonds. The zero-order chi connectivity index (χ0) is 15.4. The van der Waals surface area contributed by atoms with Gasteiger partial charge < -0.3 is 0 Å². The summed E-state index contributed by atoms with van der Waals surface area (Å²) in [7, 11) is 0. The van der Waals surface area contributed by atoms with Crippen LogP contribution < -0.4 is 5.32 Å². The lowest BCUT2D eigenvalue weighted by atomic mass is 10.1. The molecule has 6 heteroatoms. The molecule has 0 aliphatic carbocycles. The van der Waals surface area contributed by atoms with Gasteiger partial charge >= 0.3 is 0 Å². The van der Waals surface area contributed by atoms with Gasteiger partial charge in [0.05, 0.1) is 5.69 Å². The highest BCUT2D eigenvalue weighted by atomic mass is 32.1. The monoisotopic (exact) mass is 316 g/mol. The molecule has 5 nitrogen and oxygen atoms in total. The van der Waals surface area contributed by atoms with Crippen LogP contribution in [0.4, 0.5) is 5.13 Å². The summed E-state index contributed by atoms with van der Waals surface area (Å²) >= 11 is 1.47. The third-order valence-corrected chi connectivity index (χ3v) is 4.53. The summed E-state index contributed by atoms with van der Waals surface area (Å²) in [6, 6.07) is 5.42. The average molecular weight is 316 g/mol. The number of pyridine rings is 1. The van der Waals surface area contributed by atoms with E-state index in [2.05, 4.69) is 20.2 Å². The second kappa shape index (κ2) is 6.98. The number of hydrogen-bond acceptors (Lipinski definition) is 5. The number of rotatable bonds is 4. The fourth-order valence-corrected chi connectivity index (χ4v) is 3.31. The van der Waals surface area contributed by atoms with Crippen molar-refractivity contribution in [3.05, 3.63) is 40.7 Å². The van der Waals surface area contributed by atoms with Gasteiger partial charge in [-0.3, -0.25) is 15.0 Å². The zero-order valence-electron chi connectivity index (χ0n) is 12.7. The molecule has 0 bridgehead atoms. The zero-order valence-corrected chi connectivity index (χ0v) is 13.5. The van der Waals surface area contributed by atoms with Crippen molar-refractivity contribution in [1.82, 2.24) is 14.9 Å². The molecular weight excluding hydrogens is 296 g/mol. The number of nitrogens with zero attached hydrogens (tertiary/aromatic N) is 3. The van der Waals surface area contributed by atoms with Crippen LogP contribution in [0.1, 0.15) is 41.1 Å². The first kappa shape index (κ1) is 15.1. The van der Waals surface area contributed by atoms with Crippen LogP contribution in [0.3, 0.4) is 0 Å². The van der Waals surface area contributed by atoms with Crippen LogP contribution >= 0.6 is 11.3 Å². The number of aromatic nitrogens is 2. The van der Waals surface area contributed by atoms with Crippen molar-refractivity contribution in [1.29, 1.82) is 0 Å². The van der Waals surface area contributed by atoms with Gasteiger partial charge in [0.2, 0.25) is 0 Å². The number of aryl methyl sites for hydroxylation is 1. The van der Waals surface area contributed by atoms with Gasteiger partial charge in [-0.1, -0.05) is 12.5 Å². The fourth-order valence-electron chi connectivity index (χ4n) is 2.61. The van der Waals surface area contributed by atoms with Crippen LogP contribution in [-0.4, -0.2) is 33.9 Å². The van der Waals surface area contributed by atoms with Crippen molar-refractivity contribution in [2.45, 2.75) is 32.7 Å². The predicted octanol–water partition coefficient (Wildman–Crippen LogP) is 3.08. The normalized spacial score (nSPS) is 15.7. The van der Waals surface area contributed by atoms with Gasteiger partial charge in [0.25, 0.3) is 5.91 Å². The van der Waals surface area contributed by atoms with Gasteiger partial charge in [-0.15, -0.1) is 11.3 Å². The maximum absolute atomic E-state index is 12.1. The molecule has 1 saturated heterocycles. The first-order valence-corrected chi connectivity index (χ1v) is 8.50. The number of piperidine rings is 1. The van der Waals surface area contributed by atoms with E-state index in [9.17, 15) is 4.79 Å². The highest BCUT2D eigenvalue weighted by Crippen LogP contribution is 2.19. The summed E-state index contributed by atoms with van der Waals surface area (Å²) in [5.41, 5.74) is 2.28. The summed E-state index contributed by atoms with van der Waals surface area (Å²) < 4.78 is 0. The first-order chi connectivity index (χ1) is 10.7. The molecule has 0 saturated carbocycles. The van der Waals surface area contributed by atoms with E-state index in [0.717, 1.165) is 31.0 Å². The van der Waals surface area contributed by atoms with Crippen LogP contribution in [0.25, 0.3) is 0 Å². The topological polar surface area (TPSA) is 58.1 Å². The number of anilines is 1. The first-order valence-electron chi connectivity index (χ1n) is 7.62. The maximum atomic E-state index is 12.1. The van der Waals surface area contributed by atoms with Gasteiger partial charge in [0.15, 0.2) is 5.13 Å². The van der Waals surface area contributed by atoms with Crippen molar-refractivity contribution < 1.29 is 4.79 Å². The number of thiazole rings is 1. The minimum absolute atomic E-state index is 0.206. The highest BCUT2D eigenvalue weighted by Gasteiger charge is 2.14. The van der Waals surface area contributed by atoms with Crippen molar-refractivity contribution in [3.63, 3.8) is 0 Å². The molecule has 1 aliphatic heterocycles. The Morgan fingerprint density at radius 1 is 1.27 bits per heavy atom. The lowest BCUT2D eigenvalue weighted by Crippen LogP contribution is -2.29. The van der Waals surface area contributed by atoms with E-state index >= 15 is 0 Å². The third-order valence-electron chi connectivity index (χ3n) is 3.73. The number of hydrogen-bond donors (Lipinski definition) is 1. The van der Waals surface area contributed by atoms with Crippen LogP contribution in [0.15, 0.2) is 23.6 Å². The molecule has 22 heavy (non-hydrogen) atoms. The molecule has 0 aromatic carbocycles. The van der Waals surface area contributed by atoms with E-state index in [-0.39, 0.29) is 5.91 Å². The average Bonchev–Trinajstić information content (AvgIpc) is 2.95. The lowest BCUT2D eigenvalue weighted by molar-refractivity contribution is 0.102. The Bertz CT molecular complexity index is 649. The predicted molar refractivity (Wildman–Crippen MR) is 88.2 cm³/mol. The minimum Gasteiger partial charge on any atom is -0.297 e. The summed E-state index contributed by atoms with van der Waals surface area (Å²) in [6.45, 7) is 5.03. The Morgan fingerprint density at radius 2 is 2.09 bits per heavy atom. The second-order valence-corrected chi connectivity index (χ2v) is 6.46. The molecule has 1 fully saturated rings. The molecular formula is C16H20N4OS. The van der Waals surface area contributed by atoms with Gasteiger partial charge in [-0.2, -0.15) is 0 Å². The molecule has 0 atom stereocenters. The van der Waals surface area contributed by atoms with Crippen LogP contribution in [0.5, 0.6) is 0 Å². The van der Waals surface area contributed by atoms with Gasteiger partial charge in [-0.25, -0.2) is 9.97 Å². The third kappa shape index (κ3) is 3.90. The van der Waals surface area contributed by atoms with Crippen LogP contribution in [-0.2, 0) is 6.54 Å². The van der Waals surface area contributed by atoms with E-state index in [1.807, 2.05) is 24.4 Å². The van der Waals surface area contributed by atoms with Gasteiger partial charge in [-0.05, 0) is 45.0 Å². The molecule has 0 radical (unpaired) electrons. The Labute approximate surface area is 134 Å². The number of nitrogens with one attached hydrogen (secondary N) is 1. The smallest absolute Gasteiger partial charge is 0.276 e. The fraction of sp³-hybridized carbons (Fsp3) is 0.438. The van der Waals surface area contributed by atoms with E-state index in [1.165, 1.54) is 30.6 Å². The molecule has 3 rings (SSSR count). The highest BCUT2D eigenvalue weighted by molar-refractivity contribution is 7.13. The molecule has 0 unspecified atom stereocenters. The van der Waals surface area contributed by atoms with Crippen LogP contribution in [0, 0.1) is 6.92 Å². The van der Waals surface area contributed by atoms with Crippen molar-refractivity contribution in [2.75, 3.05) is 18.4 Å². The molecule has 2 aromatic heterocycles. The molecule has 116 valence electrons.